The van der Waals surface area contributed by atoms with Crippen LogP contribution >= 0.6 is 0 Å². The van der Waals surface area contributed by atoms with Crippen molar-refractivity contribution >= 4 is 23.0 Å². The van der Waals surface area contributed by atoms with Gasteiger partial charge in [0.15, 0.2) is 0 Å². The van der Waals surface area contributed by atoms with Crippen LogP contribution in [-0.4, -0.2) is 27.6 Å². The highest BCUT2D eigenvalue weighted by atomic mass is 32.2. The molecule has 0 aromatic carbocycles. The Morgan fingerprint density at radius 2 is 2.17 bits per heavy atom. The molecule has 1 aliphatic rings. The standard InChI is InChI=1S/C19H29NO3S/c1-6-8-13-19(17(21)23-15-7-2)14-11-9-10-12-16(19)20-24(22)18(3,4)5/h7H,2,9-15H2,1,3-5H3/b20-16+/t19-,24?/m1/s1. The van der Waals surface area contributed by atoms with E-state index in [1.54, 1.807) is 13.0 Å². The molecule has 0 aliphatic heterocycles. The zero-order chi connectivity index (χ0) is 18.2. The molecule has 2 atom stereocenters. The molecule has 24 heavy (non-hydrogen) atoms. The summed E-state index contributed by atoms with van der Waals surface area (Å²) in [4.78, 5) is 12.9. The van der Waals surface area contributed by atoms with Gasteiger partial charge in [-0.15, -0.1) is 11.8 Å². The maximum atomic E-state index is 12.9. The number of rotatable bonds is 5. The Bertz CT molecular complexity index is 539. The van der Waals surface area contributed by atoms with Gasteiger partial charge in [0.05, 0.1) is 5.71 Å². The Kier molecular flexibility index (Phi) is 8.05. The highest BCUT2D eigenvalue weighted by molar-refractivity contribution is 7.91. The molecule has 0 aromatic rings. The molecule has 0 spiro atoms. The fourth-order valence-electron chi connectivity index (χ4n) is 2.64. The topological polar surface area (TPSA) is 61.7 Å². The molecule has 0 radical (unpaired) electrons. The molecule has 1 fully saturated rings. The second-order valence-electron chi connectivity index (χ2n) is 7.03. The van der Waals surface area contributed by atoms with Crippen molar-refractivity contribution in [3.05, 3.63) is 12.7 Å². The quantitative estimate of drug-likeness (QED) is 0.247. The van der Waals surface area contributed by atoms with Gasteiger partial charge in [-0.25, -0.2) is 0 Å². The first kappa shape index (κ1) is 20.8. The average Bonchev–Trinajstić information content (AvgIpc) is 2.73. The number of esters is 1. The van der Waals surface area contributed by atoms with Crippen molar-refractivity contribution in [3.63, 3.8) is 0 Å². The van der Waals surface area contributed by atoms with E-state index in [1.165, 1.54) is 0 Å². The zero-order valence-corrected chi connectivity index (χ0v) is 16.1. The normalized spacial score (nSPS) is 24.5. The van der Waals surface area contributed by atoms with Crippen LogP contribution in [0.1, 0.15) is 66.2 Å². The summed E-state index contributed by atoms with van der Waals surface area (Å²) in [6.07, 6.45) is 6.09. The maximum Gasteiger partial charge on any atom is 0.319 e. The van der Waals surface area contributed by atoms with E-state index in [0.29, 0.717) is 25.0 Å². The van der Waals surface area contributed by atoms with E-state index >= 15 is 0 Å². The molecule has 0 N–H and O–H groups in total. The van der Waals surface area contributed by atoms with E-state index in [0.717, 1.165) is 19.3 Å². The number of ether oxygens (including phenoxy) is 1. The van der Waals surface area contributed by atoms with Gasteiger partial charge in [0.1, 0.15) is 28.1 Å². The predicted octanol–water partition coefficient (Wildman–Crippen LogP) is 3.98. The first-order chi connectivity index (χ1) is 11.3. The van der Waals surface area contributed by atoms with E-state index < -0.39 is 21.5 Å². The van der Waals surface area contributed by atoms with Crippen LogP contribution in [0.4, 0.5) is 0 Å². The lowest BCUT2D eigenvalue weighted by atomic mass is 9.76. The Labute approximate surface area is 149 Å². The van der Waals surface area contributed by atoms with E-state index in [9.17, 15) is 9.35 Å². The molecule has 1 rings (SSSR count). The average molecular weight is 352 g/mol. The number of hydrogen-bond donors (Lipinski definition) is 0. The molecule has 1 unspecified atom stereocenters. The van der Waals surface area contributed by atoms with Gasteiger partial charge >= 0.3 is 5.97 Å². The van der Waals surface area contributed by atoms with Gasteiger partial charge in [0.25, 0.3) is 0 Å². The molecular formula is C19H29NO3S. The van der Waals surface area contributed by atoms with E-state index in [2.05, 4.69) is 22.8 Å². The Balaban J connectivity index is 3.32. The first-order valence-electron chi connectivity index (χ1n) is 8.45. The van der Waals surface area contributed by atoms with Crippen LogP contribution in [0, 0.1) is 17.3 Å². The molecule has 0 amide bonds. The minimum absolute atomic E-state index is 0.162. The highest BCUT2D eigenvalue weighted by Crippen LogP contribution is 2.38. The van der Waals surface area contributed by atoms with Crippen molar-refractivity contribution in [2.45, 2.75) is 71.0 Å². The largest absolute Gasteiger partial charge is 0.591 e. The smallest absolute Gasteiger partial charge is 0.319 e. The number of carbonyl (C=O) groups excluding carboxylic acids is 1. The van der Waals surface area contributed by atoms with Crippen molar-refractivity contribution in [3.8, 4) is 11.8 Å². The molecule has 134 valence electrons. The molecule has 1 saturated carbocycles. The van der Waals surface area contributed by atoms with Crippen LogP contribution in [0.5, 0.6) is 0 Å². The van der Waals surface area contributed by atoms with E-state index in [1.807, 2.05) is 20.8 Å². The summed E-state index contributed by atoms with van der Waals surface area (Å²) >= 11 is -1.41. The van der Waals surface area contributed by atoms with Crippen LogP contribution in [0.25, 0.3) is 0 Å². The molecular weight excluding hydrogens is 322 g/mol. The summed E-state index contributed by atoms with van der Waals surface area (Å²) in [5.41, 5.74) is -0.200. The maximum absolute atomic E-state index is 12.9. The Morgan fingerprint density at radius 3 is 2.75 bits per heavy atom. The Morgan fingerprint density at radius 1 is 1.46 bits per heavy atom. The van der Waals surface area contributed by atoms with Gasteiger partial charge < -0.3 is 9.29 Å². The summed E-state index contributed by atoms with van der Waals surface area (Å²) in [6, 6.07) is 0. The second kappa shape index (κ2) is 9.29. The van der Waals surface area contributed by atoms with Crippen LogP contribution < -0.4 is 0 Å². The van der Waals surface area contributed by atoms with Crippen LogP contribution in [0.3, 0.4) is 0 Å². The third kappa shape index (κ3) is 5.39. The molecule has 0 saturated heterocycles. The lowest BCUT2D eigenvalue weighted by molar-refractivity contribution is -0.150. The first-order valence-corrected chi connectivity index (χ1v) is 9.56. The van der Waals surface area contributed by atoms with Crippen LogP contribution in [-0.2, 0) is 20.9 Å². The number of hydrogen-bond acceptors (Lipinski definition) is 4. The van der Waals surface area contributed by atoms with Gasteiger partial charge in [0.2, 0.25) is 0 Å². The molecule has 5 heteroatoms. The summed E-state index contributed by atoms with van der Waals surface area (Å²) < 4.78 is 22.0. The highest BCUT2D eigenvalue weighted by Gasteiger charge is 2.46. The van der Waals surface area contributed by atoms with Gasteiger partial charge in [-0.2, -0.15) is 0 Å². The second-order valence-corrected chi connectivity index (χ2v) is 8.94. The SMILES string of the molecule is C=CCOC(=O)[C@]1(CC#CC)CCCCC/C1=N\[S+]([O-])C(C)(C)C. The third-order valence-corrected chi connectivity index (χ3v) is 5.51. The van der Waals surface area contributed by atoms with Crippen molar-refractivity contribution in [2.24, 2.45) is 9.81 Å². The molecule has 0 aromatic heterocycles. The summed E-state index contributed by atoms with van der Waals surface area (Å²) in [5.74, 6) is 5.57. The van der Waals surface area contributed by atoms with Crippen LogP contribution in [0.15, 0.2) is 17.1 Å². The Hall–Kier alpha value is -1.25. The van der Waals surface area contributed by atoms with Gasteiger partial charge in [-0.05, 0) is 47.0 Å². The summed E-state index contributed by atoms with van der Waals surface area (Å²) in [6.45, 7) is 11.2. The third-order valence-electron chi connectivity index (χ3n) is 4.08. The van der Waals surface area contributed by atoms with Crippen LogP contribution in [0.2, 0.25) is 0 Å². The lowest BCUT2D eigenvalue weighted by Gasteiger charge is -2.30. The summed E-state index contributed by atoms with van der Waals surface area (Å²) in [5, 5.41) is 0. The number of carbonyl (C=O) groups is 1. The van der Waals surface area contributed by atoms with Gasteiger partial charge in [-0.1, -0.05) is 29.9 Å². The predicted molar refractivity (Wildman–Crippen MR) is 100 cm³/mol. The van der Waals surface area contributed by atoms with Gasteiger partial charge in [-0.3, -0.25) is 4.79 Å². The van der Waals surface area contributed by atoms with Crippen molar-refractivity contribution in [2.75, 3.05) is 6.61 Å². The molecule has 0 heterocycles. The fraction of sp³-hybridized carbons (Fsp3) is 0.684. The van der Waals surface area contributed by atoms with Crippen molar-refractivity contribution in [1.82, 2.24) is 0 Å². The summed E-state index contributed by atoms with van der Waals surface area (Å²) in [7, 11) is 0. The van der Waals surface area contributed by atoms with Crippen molar-refractivity contribution < 1.29 is 14.1 Å². The van der Waals surface area contributed by atoms with Gasteiger partial charge in [0, 0.05) is 6.42 Å². The number of nitrogens with zero attached hydrogens (tertiary/aromatic N) is 1. The lowest BCUT2D eigenvalue weighted by Crippen LogP contribution is -2.41. The van der Waals surface area contributed by atoms with E-state index in [4.69, 9.17) is 4.74 Å². The minimum Gasteiger partial charge on any atom is -0.591 e. The monoisotopic (exact) mass is 351 g/mol. The molecule has 1 aliphatic carbocycles. The molecule has 4 nitrogen and oxygen atoms in total. The molecule has 0 bridgehead atoms. The van der Waals surface area contributed by atoms with E-state index in [-0.39, 0.29) is 12.6 Å². The fourth-order valence-corrected chi connectivity index (χ4v) is 3.38. The van der Waals surface area contributed by atoms with Crippen molar-refractivity contribution in [1.29, 1.82) is 0 Å². The minimum atomic E-state index is -1.41. The zero-order valence-electron chi connectivity index (χ0n) is 15.3.